The molecule has 1 heterocycles. The molecule has 0 bridgehead atoms. The lowest BCUT2D eigenvalue weighted by Crippen LogP contribution is -2.26. The summed E-state index contributed by atoms with van der Waals surface area (Å²) in [4.78, 5) is 2.03. The standard InChI is InChI=1S/C17H16N2O2S/c18-22(20,21)17-12-5-4-11-16(17)19-13-7-6-10-15(19)14-8-2-1-3-9-14/h1-13,15H,(H2,18,20,21). The molecule has 22 heavy (non-hydrogen) atoms. The van der Waals surface area contributed by atoms with Crippen LogP contribution in [0.2, 0.25) is 0 Å². The van der Waals surface area contributed by atoms with E-state index in [0.29, 0.717) is 5.69 Å². The van der Waals surface area contributed by atoms with Gasteiger partial charge in [-0.15, -0.1) is 0 Å². The maximum absolute atomic E-state index is 11.8. The van der Waals surface area contributed by atoms with Crippen LogP contribution in [0.4, 0.5) is 5.69 Å². The van der Waals surface area contributed by atoms with Crippen LogP contribution in [-0.4, -0.2) is 8.42 Å². The number of anilines is 1. The van der Waals surface area contributed by atoms with Gasteiger partial charge in [0.25, 0.3) is 0 Å². The van der Waals surface area contributed by atoms with Gasteiger partial charge < -0.3 is 4.90 Å². The lowest BCUT2D eigenvalue weighted by atomic mass is 10.0. The quantitative estimate of drug-likeness (QED) is 0.947. The van der Waals surface area contributed by atoms with E-state index in [-0.39, 0.29) is 10.9 Å². The van der Waals surface area contributed by atoms with Crippen molar-refractivity contribution < 1.29 is 8.42 Å². The van der Waals surface area contributed by atoms with Gasteiger partial charge in [0.05, 0.1) is 11.7 Å². The van der Waals surface area contributed by atoms with E-state index in [2.05, 4.69) is 0 Å². The summed E-state index contributed by atoms with van der Waals surface area (Å²) in [5.74, 6) is 0. The van der Waals surface area contributed by atoms with Crippen LogP contribution in [0.5, 0.6) is 0 Å². The number of nitrogens with zero attached hydrogens (tertiary/aromatic N) is 1. The summed E-state index contributed by atoms with van der Waals surface area (Å²) >= 11 is 0. The van der Waals surface area contributed by atoms with Crippen molar-refractivity contribution in [3.63, 3.8) is 0 Å². The molecule has 0 radical (unpaired) electrons. The first-order chi connectivity index (χ1) is 10.6. The molecular weight excluding hydrogens is 296 g/mol. The Morgan fingerprint density at radius 1 is 0.909 bits per heavy atom. The lowest BCUT2D eigenvalue weighted by Gasteiger charge is -2.32. The molecular formula is C17H16N2O2S. The van der Waals surface area contributed by atoms with Crippen LogP contribution in [0.1, 0.15) is 11.6 Å². The molecule has 0 saturated heterocycles. The highest BCUT2D eigenvalue weighted by Gasteiger charge is 2.23. The van der Waals surface area contributed by atoms with Crippen LogP contribution in [0, 0.1) is 0 Å². The SMILES string of the molecule is NS(=O)(=O)c1ccccc1N1C=CC=CC1c1ccccc1. The molecule has 1 atom stereocenters. The minimum Gasteiger partial charge on any atom is -0.336 e. The molecule has 2 aromatic carbocycles. The van der Waals surface area contributed by atoms with E-state index in [1.165, 1.54) is 6.07 Å². The summed E-state index contributed by atoms with van der Waals surface area (Å²) < 4.78 is 23.7. The van der Waals surface area contributed by atoms with Gasteiger partial charge >= 0.3 is 0 Å². The highest BCUT2D eigenvalue weighted by molar-refractivity contribution is 7.89. The topological polar surface area (TPSA) is 63.4 Å². The maximum atomic E-state index is 11.8. The Balaban J connectivity index is 2.11. The van der Waals surface area contributed by atoms with Crippen LogP contribution in [-0.2, 0) is 10.0 Å². The second kappa shape index (κ2) is 5.79. The van der Waals surface area contributed by atoms with Gasteiger partial charge in [0, 0.05) is 6.20 Å². The molecule has 0 aliphatic carbocycles. The van der Waals surface area contributed by atoms with Crippen molar-refractivity contribution in [3.8, 4) is 0 Å². The Labute approximate surface area is 130 Å². The van der Waals surface area contributed by atoms with E-state index in [9.17, 15) is 8.42 Å². The van der Waals surface area contributed by atoms with Gasteiger partial charge in [0.15, 0.2) is 0 Å². The molecule has 2 N–H and O–H groups in total. The molecule has 1 aliphatic heterocycles. The van der Waals surface area contributed by atoms with Gasteiger partial charge in [-0.2, -0.15) is 0 Å². The van der Waals surface area contributed by atoms with E-state index in [0.717, 1.165) is 5.56 Å². The first kappa shape index (κ1) is 14.6. The Hall–Kier alpha value is -2.37. The van der Waals surface area contributed by atoms with E-state index in [1.807, 2.05) is 59.7 Å². The van der Waals surface area contributed by atoms with Crippen molar-refractivity contribution in [3.05, 3.63) is 84.6 Å². The average Bonchev–Trinajstić information content (AvgIpc) is 2.55. The Morgan fingerprint density at radius 2 is 1.59 bits per heavy atom. The van der Waals surface area contributed by atoms with Crippen molar-refractivity contribution in [1.82, 2.24) is 0 Å². The molecule has 4 nitrogen and oxygen atoms in total. The summed E-state index contributed by atoms with van der Waals surface area (Å²) in [6.07, 6.45) is 7.71. The van der Waals surface area contributed by atoms with Gasteiger partial charge in [-0.1, -0.05) is 54.6 Å². The van der Waals surface area contributed by atoms with Gasteiger partial charge in [-0.3, -0.25) is 0 Å². The Kier molecular flexibility index (Phi) is 3.83. The number of primary sulfonamides is 1. The molecule has 2 aromatic rings. The smallest absolute Gasteiger partial charge is 0.240 e. The molecule has 5 heteroatoms. The lowest BCUT2D eigenvalue weighted by molar-refractivity contribution is 0.597. The molecule has 3 rings (SSSR count). The van der Waals surface area contributed by atoms with Crippen LogP contribution >= 0.6 is 0 Å². The molecule has 1 unspecified atom stereocenters. The van der Waals surface area contributed by atoms with Crippen molar-refractivity contribution in [2.24, 2.45) is 5.14 Å². The van der Waals surface area contributed by atoms with Crippen molar-refractivity contribution in [1.29, 1.82) is 0 Å². The van der Waals surface area contributed by atoms with Crippen molar-refractivity contribution in [2.45, 2.75) is 10.9 Å². The number of hydrogen-bond donors (Lipinski definition) is 1. The predicted octanol–water partition coefficient (Wildman–Crippen LogP) is 2.97. The molecule has 0 aromatic heterocycles. The van der Waals surface area contributed by atoms with Crippen LogP contribution < -0.4 is 10.0 Å². The molecule has 112 valence electrons. The highest BCUT2D eigenvalue weighted by Crippen LogP contribution is 2.34. The van der Waals surface area contributed by atoms with E-state index >= 15 is 0 Å². The zero-order chi connectivity index (χ0) is 15.6. The number of nitrogens with two attached hydrogens (primary N) is 1. The summed E-state index contributed by atoms with van der Waals surface area (Å²) in [6, 6.07) is 16.6. The second-order valence-corrected chi connectivity index (χ2v) is 6.53. The number of sulfonamides is 1. The van der Waals surface area contributed by atoms with Crippen LogP contribution in [0.15, 0.2) is 83.9 Å². The monoisotopic (exact) mass is 312 g/mol. The summed E-state index contributed by atoms with van der Waals surface area (Å²) in [5, 5.41) is 5.35. The molecule has 0 fully saturated rings. The number of hydrogen-bond acceptors (Lipinski definition) is 3. The van der Waals surface area contributed by atoms with Gasteiger partial charge in [0.1, 0.15) is 4.90 Å². The zero-order valence-corrected chi connectivity index (χ0v) is 12.6. The predicted molar refractivity (Wildman–Crippen MR) is 87.8 cm³/mol. The maximum Gasteiger partial charge on any atom is 0.240 e. The third-order valence-electron chi connectivity index (χ3n) is 3.54. The second-order valence-electron chi connectivity index (χ2n) is 5.00. The third-order valence-corrected chi connectivity index (χ3v) is 4.50. The number of rotatable bonds is 3. The minimum atomic E-state index is -3.79. The largest absolute Gasteiger partial charge is 0.336 e. The number of para-hydroxylation sites is 1. The average molecular weight is 312 g/mol. The van der Waals surface area contributed by atoms with Crippen molar-refractivity contribution >= 4 is 15.7 Å². The number of allylic oxidation sites excluding steroid dienone is 2. The van der Waals surface area contributed by atoms with E-state index in [1.54, 1.807) is 18.2 Å². The molecule has 0 spiro atoms. The van der Waals surface area contributed by atoms with Crippen molar-refractivity contribution in [2.75, 3.05) is 4.90 Å². The molecule has 0 saturated carbocycles. The highest BCUT2D eigenvalue weighted by atomic mass is 32.2. The van der Waals surface area contributed by atoms with Gasteiger partial charge in [-0.25, -0.2) is 13.6 Å². The summed E-state index contributed by atoms with van der Waals surface area (Å²) in [6.45, 7) is 0. The van der Waals surface area contributed by atoms with Gasteiger partial charge in [-0.05, 0) is 23.8 Å². The Morgan fingerprint density at radius 3 is 2.32 bits per heavy atom. The van der Waals surface area contributed by atoms with E-state index < -0.39 is 10.0 Å². The van der Waals surface area contributed by atoms with Crippen LogP contribution in [0.25, 0.3) is 0 Å². The molecule has 1 aliphatic rings. The first-order valence-corrected chi connectivity index (χ1v) is 8.42. The minimum absolute atomic E-state index is 0.0749. The third kappa shape index (κ3) is 2.81. The first-order valence-electron chi connectivity index (χ1n) is 6.87. The fourth-order valence-electron chi connectivity index (χ4n) is 2.56. The number of benzene rings is 2. The van der Waals surface area contributed by atoms with E-state index in [4.69, 9.17) is 5.14 Å². The summed E-state index contributed by atoms with van der Waals surface area (Å²) in [5.41, 5.74) is 1.65. The van der Waals surface area contributed by atoms with Gasteiger partial charge in [0.2, 0.25) is 10.0 Å². The normalized spacial score (nSPS) is 17.7. The zero-order valence-electron chi connectivity index (χ0n) is 11.8. The fraction of sp³-hybridized carbons (Fsp3) is 0.0588. The Bertz CT molecular complexity index is 827. The van der Waals surface area contributed by atoms with Crippen LogP contribution in [0.3, 0.4) is 0 Å². The fourth-order valence-corrected chi connectivity index (χ4v) is 3.29. The molecule has 0 amide bonds. The summed E-state index contributed by atoms with van der Waals surface area (Å²) in [7, 11) is -3.79.